The monoisotopic (exact) mass is 293 g/mol. The quantitative estimate of drug-likeness (QED) is 0.874. The third-order valence-corrected chi connectivity index (χ3v) is 4.78. The average molecular weight is 294 g/mol. The molecule has 2 nitrogen and oxygen atoms in total. The van der Waals surface area contributed by atoms with E-state index in [-0.39, 0.29) is 16.3 Å². The first-order chi connectivity index (χ1) is 8.08. The zero-order valence-corrected chi connectivity index (χ0v) is 10.7. The first kappa shape index (κ1) is 12.5. The van der Waals surface area contributed by atoms with Crippen molar-refractivity contribution in [1.29, 1.82) is 0 Å². The highest BCUT2D eigenvalue weighted by Gasteiger charge is 2.09. The molecule has 0 bridgehead atoms. The molecule has 0 unspecified atom stereocenters. The maximum absolute atomic E-state index is 13.3. The highest BCUT2D eigenvalue weighted by atomic mass is 35.5. The van der Waals surface area contributed by atoms with Gasteiger partial charge in [-0.1, -0.05) is 28.0 Å². The lowest BCUT2D eigenvalue weighted by atomic mass is 10.2. The Balaban J connectivity index is 2.12. The molecule has 0 saturated carbocycles. The van der Waals surface area contributed by atoms with E-state index in [0.717, 1.165) is 16.4 Å². The number of nitrogens with one attached hydrogen (secondary N) is 1. The fourth-order valence-corrected chi connectivity index (χ4v) is 3.62. The van der Waals surface area contributed by atoms with Gasteiger partial charge in [-0.25, -0.2) is 8.78 Å². The molecule has 7 heteroatoms. The van der Waals surface area contributed by atoms with E-state index in [1.807, 2.05) is 0 Å². The number of benzene rings is 1. The Kier molecular flexibility index (Phi) is 3.76. The molecule has 0 radical (unpaired) electrons. The predicted octanol–water partition coefficient (Wildman–Crippen LogP) is 3.71. The summed E-state index contributed by atoms with van der Waals surface area (Å²) in [6.07, 6.45) is 0. The summed E-state index contributed by atoms with van der Waals surface area (Å²) in [6.45, 7) is 0.151. The van der Waals surface area contributed by atoms with E-state index in [2.05, 4.69) is 5.32 Å². The summed E-state index contributed by atoms with van der Waals surface area (Å²) in [5.41, 5.74) is 0.313. The van der Waals surface area contributed by atoms with Crippen molar-refractivity contribution in [3.63, 3.8) is 0 Å². The Morgan fingerprint density at radius 2 is 2.06 bits per heavy atom. The number of hydrogen-bond donors (Lipinski definition) is 1. The van der Waals surface area contributed by atoms with Crippen LogP contribution in [0.4, 0.5) is 13.8 Å². The summed E-state index contributed by atoms with van der Waals surface area (Å²) in [7, 11) is 2.20. The molecule has 0 atom stereocenters. The standard InChI is InChI=1S/C10H6ClF2NOS2/c11-8-9(16-17-10(8)15)14-4-5-1-2-6(12)3-7(5)13/h1-3,14H,4H2. The summed E-state index contributed by atoms with van der Waals surface area (Å²) in [6, 6.07) is 3.34. The van der Waals surface area contributed by atoms with E-state index in [1.165, 1.54) is 22.5 Å². The number of anilines is 1. The van der Waals surface area contributed by atoms with Gasteiger partial charge in [-0.05, 0) is 16.4 Å². The summed E-state index contributed by atoms with van der Waals surface area (Å²) in [4.78, 5) is 11.1. The zero-order valence-electron chi connectivity index (χ0n) is 8.30. The van der Waals surface area contributed by atoms with Crippen molar-refractivity contribution in [2.45, 2.75) is 6.54 Å². The van der Waals surface area contributed by atoms with E-state index in [4.69, 9.17) is 11.6 Å². The molecule has 2 aromatic rings. The molecule has 2 rings (SSSR count). The lowest BCUT2D eigenvalue weighted by Gasteiger charge is -2.05. The maximum atomic E-state index is 13.3. The summed E-state index contributed by atoms with van der Waals surface area (Å²) in [5.74, 6) is -1.25. The molecular formula is C10H6ClF2NOS2. The van der Waals surface area contributed by atoms with Crippen molar-refractivity contribution in [3.05, 3.63) is 50.0 Å². The van der Waals surface area contributed by atoms with Gasteiger partial charge in [-0.15, -0.1) is 0 Å². The Morgan fingerprint density at radius 1 is 1.29 bits per heavy atom. The van der Waals surface area contributed by atoms with Crippen LogP contribution in [-0.4, -0.2) is 0 Å². The van der Waals surface area contributed by atoms with Crippen LogP contribution in [0.3, 0.4) is 0 Å². The number of hydrogen-bond acceptors (Lipinski definition) is 4. The Hall–Kier alpha value is -0.980. The van der Waals surface area contributed by atoms with Crippen molar-refractivity contribution in [3.8, 4) is 0 Å². The van der Waals surface area contributed by atoms with Gasteiger partial charge in [0.2, 0.25) is 0 Å². The molecule has 0 aliphatic heterocycles. The average Bonchev–Trinajstić information content (AvgIpc) is 2.59. The molecule has 1 N–H and O–H groups in total. The first-order valence-corrected chi connectivity index (χ1v) is 7.07. The number of rotatable bonds is 3. The second-order valence-electron chi connectivity index (χ2n) is 3.19. The van der Waals surface area contributed by atoms with E-state index in [1.54, 1.807) is 0 Å². The van der Waals surface area contributed by atoms with Crippen LogP contribution in [0.15, 0.2) is 23.0 Å². The predicted molar refractivity (Wildman–Crippen MR) is 67.2 cm³/mol. The van der Waals surface area contributed by atoms with Crippen LogP contribution in [0, 0.1) is 11.6 Å². The Bertz CT molecular complexity index is 596. The van der Waals surface area contributed by atoms with Crippen molar-refractivity contribution in [2.75, 3.05) is 5.32 Å². The minimum atomic E-state index is -0.629. The molecule has 0 spiro atoms. The molecule has 1 heterocycles. The Morgan fingerprint density at radius 3 is 2.65 bits per heavy atom. The second-order valence-corrected chi connectivity index (χ2v) is 5.68. The van der Waals surface area contributed by atoms with Gasteiger partial charge in [-0.3, -0.25) is 4.79 Å². The largest absolute Gasteiger partial charge is 0.371 e. The van der Waals surface area contributed by atoms with Crippen molar-refractivity contribution in [2.24, 2.45) is 0 Å². The summed E-state index contributed by atoms with van der Waals surface area (Å²) >= 11 is 5.73. The van der Waals surface area contributed by atoms with Gasteiger partial charge in [0.1, 0.15) is 21.7 Å². The molecular weight excluding hydrogens is 288 g/mol. The van der Waals surface area contributed by atoms with Crippen molar-refractivity contribution in [1.82, 2.24) is 0 Å². The molecule has 90 valence electrons. The minimum Gasteiger partial charge on any atom is -0.371 e. The van der Waals surface area contributed by atoms with Crippen LogP contribution >= 0.6 is 32.3 Å². The lowest BCUT2D eigenvalue weighted by molar-refractivity contribution is 0.574. The smallest absolute Gasteiger partial charge is 0.263 e. The Labute approximate surface area is 108 Å². The molecule has 17 heavy (non-hydrogen) atoms. The summed E-state index contributed by atoms with van der Waals surface area (Å²) in [5, 5.41) is 3.46. The zero-order chi connectivity index (χ0) is 12.4. The van der Waals surface area contributed by atoms with Crippen LogP contribution < -0.4 is 10.1 Å². The van der Waals surface area contributed by atoms with Crippen LogP contribution in [0.5, 0.6) is 0 Å². The maximum Gasteiger partial charge on any atom is 0.263 e. The van der Waals surface area contributed by atoms with E-state index in [9.17, 15) is 13.6 Å². The highest BCUT2D eigenvalue weighted by molar-refractivity contribution is 7.70. The van der Waals surface area contributed by atoms with Crippen LogP contribution in [0.25, 0.3) is 0 Å². The normalized spacial score (nSPS) is 10.5. The fraction of sp³-hybridized carbons (Fsp3) is 0.100. The van der Waals surface area contributed by atoms with E-state index in [0.29, 0.717) is 10.6 Å². The molecule has 0 saturated heterocycles. The number of halogens is 3. The van der Waals surface area contributed by atoms with Crippen LogP contribution in [0.2, 0.25) is 5.02 Å². The topological polar surface area (TPSA) is 29.1 Å². The lowest BCUT2D eigenvalue weighted by Crippen LogP contribution is -2.02. The third kappa shape index (κ3) is 2.83. The molecule has 0 aliphatic carbocycles. The molecule has 1 aromatic carbocycles. The molecule has 0 amide bonds. The van der Waals surface area contributed by atoms with Gasteiger partial charge < -0.3 is 5.32 Å². The minimum absolute atomic E-state index is 0.113. The molecule has 0 aliphatic rings. The van der Waals surface area contributed by atoms with Gasteiger partial charge in [0.05, 0.1) is 0 Å². The van der Waals surface area contributed by atoms with Crippen molar-refractivity contribution >= 4 is 37.3 Å². The van der Waals surface area contributed by atoms with Crippen LogP contribution in [0.1, 0.15) is 5.56 Å². The second kappa shape index (κ2) is 5.12. The van der Waals surface area contributed by atoms with E-state index < -0.39 is 11.6 Å². The summed E-state index contributed by atoms with van der Waals surface area (Å²) < 4.78 is 25.7. The third-order valence-electron chi connectivity index (χ3n) is 2.03. The van der Waals surface area contributed by atoms with Gasteiger partial charge in [0.15, 0.2) is 0 Å². The first-order valence-electron chi connectivity index (χ1n) is 4.54. The van der Waals surface area contributed by atoms with Crippen molar-refractivity contribution < 1.29 is 8.78 Å². The molecule has 1 aromatic heterocycles. The van der Waals surface area contributed by atoms with E-state index >= 15 is 0 Å². The molecule has 0 fully saturated rings. The van der Waals surface area contributed by atoms with Gasteiger partial charge in [-0.2, -0.15) is 0 Å². The fourth-order valence-electron chi connectivity index (χ4n) is 1.19. The van der Waals surface area contributed by atoms with Gasteiger partial charge >= 0.3 is 0 Å². The van der Waals surface area contributed by atoms with Gasteiger partial charge in [0, 0.05) is 18.2 Å². The SMILES string of the molecule is O=c1ssc(NCc2ccc(F)cc2F)c1Cl. The van der Waals surface area contributed by atoms with Gasteiger partial charge in [0.25, 0.3) is 4.74 Å². The highest BCUT2D eigenvalue weighted by Crippen LogP contribution is 2.27. The van der Waals surface area contributed by atoms with Crippen LogP contribution in [-0.2, 0) is 6.54 Å².